The van der Waals surface area contributed by atoms with Crippen molar-refractivity contribution in [2.24, 2.45) is 0 Å². The summed E-state index contributed by atoms with van der Waals surface area (Å²) in [6, 6.07) is 18.4. The molecular weight excluding hydrogens is 582 g/mol. The van der Waals surface area contributed by atoms with Crippen molar-refractivity contribution >= 4 is 27.1 Å². The minimum absolute atomic E-state index is 0.270. The van der Waals surface area contributed by atoms with Gasteiger partial charge in [0.05, 0.1) is 28.2 Å². The number of fused-ring (bicyclic) bond motifs is 1. The lowest BCUT2D eigenvalue weighted by atomic mass is 10.1. The molecule has 10 heteroatoms. The Balaban J connectivity index is 0.000000697. The molecule has 0 unspecified atom stereocenters. The highest BCUT2D eigenvalue weighted by Gasteiger charge is 2.11. The summed E-state index contributed by atoms with van der Waals surface area (Å²) in [5, 5.41) is 4.14. The first kappa shape index (κ1) is 40.2. The second-order valence-corrected chi connectivity index (χ2v) is 10.5. The Morgan fingerprint density at radius 2 is 1.33 bits per heavy atom. The van der Waals surface area contributed by atoms with Gasteiger partial charge in [-0.15, -0.1) is 5.10 Å². The number of aryl methyl sites for hydroxylation is 2. The fourth-order valence-electron chi connectivity index (χ4n) is 3.34. The number of nitrogens with zero attached hydrogens (tertiary/aromatic N) is 5. The Kier molecular flexibility index (Phi) is 18.7. The Morgan fingerprint density at radius 3 is 1.87 bits per heavy atom. The van der Waals surface area contributed by atoms with Crippen LogP contribution in [0.15, 0.2) is 103 Å². The zero-order valence-electron chi connectivity index (χ0n) is 28.1. The van der Waals surface area contributed by atoms with Crippen LogP contribution in [-0.2, 0) is 9.84 Å². The molecule has 3 aromatic heterocycles. The van der Waals surface area contributed by atoms with Crippen LogP contribution in [-0.4, -0.2) is 39.2 Å². The first-order valence-electron chi connectivity index (χ1n) is 14.8. The minimum Gasteiger partial charge on any atom is -0.382 e. The summed E-state index contributed by atoms with van der Waals surface area (Å²) in [4.78, 5) is 13.2. The highest BCUT2D eigenvalue weighted by molar-refractivity contribution is 7.90. The van der Waals surface area contributed by atoms with Crippen LogP contribution in [0.3, 0.4) is 0 Å². The van der Waals surface area contributed by atoms with E-state index >= 15 is 0 Å². The molecular formula is C35H49N7O2S. The van der Waals surface area contributed by atoms with Crippen molar-refractivity contribution in [3.8, 4) is 22.5 Å². The number of aromatic nitrogens is 5. The summed E-state index contributed by atoms with van der Waals surface area (Å²) in [5.74, 6) is 0.925. The van der Waals surface area contributed by atoms with Crippen molar-refractivity contribution in [2.75, 3.05) is 17.7 Å². The number of sulfone groups is 1. The lowest BCUT2D eigenvalue weighted by molar-refractivity contribution is 0.602. The van der Waals surface area contributed by atoms with E-state index in [0.717, 1.165) is 28.1 Å². The Morgan fingerprint density at radius 1 is 0.756 bits per heavy atom. The van der Waals surface area contributed by atoms with Gasteiger partial charge in [-0.2, -0.15) is 0 Å². The molecule has 242 valence electrons. The highest BCUT2D eigenvalue weighted by Crippen LogP contribution is 2.23. The van der Waals surface area contributed by atoms with Gasteiger partial charge in [-0.05, 0) is 32.0 Å². The van der Waals surface area contributed by atoms with E-state index in [1.165, 1.54) is 6.26 Å². The average Bonchev–Trinajstić information content (AvgIpc) is 3.37. The molecule has 5 rings (SSSR count). The van der Waals surface area contributed by atoms with E-state index in [1.807, 2.05) is 91.8 Å². The second-order valence-electron chi connectivity index (χ2n) is 8.45. The molecule has 0 saturated heterocycles. The molecule has 2 aromatic carbocycles. The third-order valence-electron chi connectivity index (χ3n) is 5.53. The number of benzene rings is 2. The monoisotopic (exact) mass is 631 g/mol. The molecule has 0 amide bonds. The normalized spacial score (nSPS) is 9.53. The van der Waals surface area contributed by atoms with Crippen molar-refractivity contribution in [3.63, 3.8) is 0 Å². The second kappa shape index (κ2) is 21.0. The van der Waals surface area contributed by atoms with Gasteiger partial charge in [0.15, 0.2) is 21.3 Å². The molecule has 0 aliphatic carbocycles. The molecule has 0 atom stereocenters. The molecule has 45 heavy (non-hydrogen) atoms. The maximum Gasteiger partial charge on any atom is 0.175 e. The van der Waals surface area contributed by atoms with Crippen LogP contribution in [0.25, 0.3) is 28.2 Å². The molecule has 0 fully saturated rings. The Hall–Kier alpha value is -4.83. The van der Waals surface area contributed by atoms with Gasteiger partial charge < -0.3 is 11.5 Å². The van der Waals surface area contributed by atoms with Crippen molar-refractivity contribution in [3.05, 3.63) is 110 Å². The first-order valence-corrected chi connectivity index (χ1v) is 16.7. The number of anilines is 2. The van der Waals surface area contributed by atoms with Crippen molar-refractivity contribution in [2.45, 2.75) is 60.3 Å². The number of nitrogens with two attached hydrogens (primary N) is 2. The molecule has 0 aliphatic rings. The van der Waals surface area contributed by atoms with Gasteiger partial charge in [0.2, 0.25) is 0 Å². The number of hydrogen-bond acceptors (Lipinski definition) is 8. The average molecular weight is 632 g/mol. The number of allylic oxidation sites excluding steroid dienone is 2. The van der Waals surface area contributed by atoms with E-state index in [1.54, 1.807) is 53.3 Å². The molecule has 0 bridgehead atoms. The molecule has 4 N–H and O–H groups in total. The summed E-state index contributed by atoms with van der Waals surface area (Å²) in [6.45, 7) is 22.4. The summed E-state index contributed by atoms with van der Waals surface area (Å²) >= 11 is 0. The van der Waals surface area contributed by atoms with E-state index in [0.29, 0.717) is 23.0 Å². The summed E-state index contributed by atoms with van der Waals surface area (Å²) < 4.78 is 24.9. The number of nitrogen functional groups attached to an aromatic ring is 2. The molecule has 0 spiro atoms. The van der Waals surface area contributed by atoms with Gasteiger partial charge in [-0.25, -0.2) is 27.9 Å². The van der Waals surface area contributed by atoms with E-state index in [2.05, 4.69) is 33.2 Å². The van der Waals surface area contributed by atoms with Crippen LogP contribution in [0.5, 0.6) is 0 Å². The van der Waals surface area contributed by atoms with Gasteiger partial charge in [0, 0.05) is 29.1 Å². The van der Waals surface area contributed by atoms with Crippen LogP contribution in [0.2, 0.25) is 0 Å². The molecule has 9 nitrogen and oxygen atoms in total. The lowest BCUT2D eigenvalue weighted by Gasteiger charge is -2.04. The molecule has 5 aromatic rings. The third-order valence-corrected chi connectivity index (χ3v) is 6.64. The molecule has 0 radical (unpaired) electrons. The SMILES string of the molecule is C=CC=C.CC.CC.CC.Cc1c(N)nn2ccc(-c3cccc(S(C)(=O)=O)c3)nc12.Cc1nc(-c2ccccc2)cnc1N. The fourth-order valence-corrected chi connectivity index (χ4v) is 4.01. The third kappa shape index (κ3) is 12.4. The van der Waals surface area contributed by atoms with Crippen molar-refractivity contribution in [1.29, 1.82) is 0 Å². The van der Waals surface area contributed by atoms with Gasteiger partial charge in [-0.1, -0.05) is 109 Å². The zero-order valence-corrected chi connectivity index (χ0v) is 28.9. The minimum atomic E-state index is -3.25. The lowest BCUT2D eigenvalue weighted by Crippen LogP contribution is -1.98. The zero-order chi connectivity index (χ0) is 34.6. The van der Waals surface area contributed by atoms with Crippen LogP contribution < -0.4 is 11.5 Å². The molecule has 3 heterocycles. The standard InChI is InChI=1S/C14H14N4O2S.C11H11N3.C4H6.3C2H6/c1-9-13(15)17-18-7-6-12(16-14(9)18)10-4-3-5-11(8-10)21(2,19)20;1-8-11(12)13-7-10(14-8)9-5-3-2-4-6-9;1-3-4-2;3*1-2/h3-8H,1-2H3,(H2,15,17);2-7H,1H3,(H2,12,13);3-4H,1-2H2;3*1-2H3. The molecule has 0 saturated carbocycles. The van der Waals surface area contributed by atoms with E-state index in [-0.39, 0.29) is 4.90 Å². The van der Waals surface area contributed by atoms with Gasteiger partial charge >= 0.3 is 0 Å². The van der Waals surface area contributed by atoms with Gasteiger partial charge in [0.25, 0.3) is 0 Å². The van der Waals surface area contributed by atoms with E-state index in [9.17, 15) is 8.42 Å². The summed E-state index contributed by atoms with van der Waals surface area (Å²) in [6.07, 6.45) is 7.91. The first-order chi connectivity index (χ1) is 21.5. The Bertz CT molecular complexity index is 1710. The number of hydrogen-bond donors (Lipinski definition) is 2. The van der Waals surface area contributed by atoms with E-state index < -0.39 is 9.84 Å². The summed E-state index contributed by atoms with van der Waals surface area (Å²) in [7, 11) is -3.25. The summed E-state index contributed by atoms with van der Waals surface area (Å²) in [5.41, 5.74) is 16.9. The van der Waals surface area contributed by atoms with Gasteiger partial charge in [-0.3, -0.25) is 0 Å². The van der Waals surface area contributed by atoms with Crippen LogP contribution in [0.4, 0.5) is 11.6 Å². The smallest absolute Gasteiger partial charge is 0.175 e. The van der Waals surface area contributed by atoms with Gasteiger partial charge in [0.1, 0.15) is 5.82 Å². The maximum absolute atomic E-state index is 11.6. The van der Waals surface area contributed by atoms with Crippen molar-refractivity contribution in [1.82, 2.24) is 24.6 Å². The van der Waals surface area contributed by atoms with Crippen LogP contribution >= 0.6 is 0 Å². The largest absolute Gasteiger partial charge is 0.382 e. The topological polar surface area (TPSA) is 142 Å². The number of rotatable bonds is 4. The highest BCUT2D eigenvalue weighted by atomic mass is 32.2. The Labute approximate surface area is 269 Å². The molecule has 0 aliphatic heterocycles. The quantitative estimate of drug-likeness (QED) is 0.189. The predicted octanol–water partition coefficient (Wildman–Crippen LogP) is 8.16. The maximum atomic E-state index is 11.6. The fraction of sp³-hybridized carbons (Fsp3) is 0.257. The van der Waals surface area contributed by atoms with E-state index in [4.69, 9.17) is 11.5 Å². The van der Waals surface area contributed by atoms with Crippen LogP contribution in [0.1, 0.15) is 52.8 Å². The predicted molar refractivity (Wildman–Crippen MR) is 192 cm³/mol. The van der Waals surface area contributed by atoms with Crippen molar-refractivity contribution < 1.29 is 8.42 Å². The van der Waals surface area contributed by atoms with Crippen LogP contribution in [0, 0.1) is 13.8 Å².